The van der Waals surface area contributed by atoms with E-state index in [1.165, 1.54) is 11.1 Å². The Bertz CT molecular complexity index is 830. The van der Waals surface area contributed by atoms with Crippen molar-refractivity contribution in [3.63, 3.8) is 0 Å². The summed E-state index contributed by atoms with van der Waals surface area (Å²) in [6, 6.07) is 14.4. The van der Waals surface area contributed by atoms with Crippen LogP contribution in [0.3, 0.4) is 0 Å². The fourth-order valence-corrected chi connectivity index (χ4v) is 3.87. The number of carbonyl (C=O) groups excluding carboxylic acids is 1. The molecule has 5 heteroatoms. The van der Waals surface area contributed by atoms with Gasteiger partial charge in [0.1, 0.15) is 5.75 Å². The van der Waals surface area contributed by atoms with E-state index in [0.717, 1.165) is 41.7 Å². The zero-order valence-electron chi connectivity index (χ0n) is 16.9. The number of halogens is 1. The number of anilines is 1. The van der Waals surface area contributed by atoms with Crippen LogP contribution in [-0.4, -0.2) is 25.7 Å². The first kappa shape index (κ1) is 20.7. The van der Waals surface area contributed by atoms with Gasteiger partial charge in [0.15, 0.2) is 0 Å². The average Bonchev–Trinajstić information content (AvgIpc) is 2.67. The van der Waals surface area contributed by atoms with Crippen LogP contribution in [-0.2, 0) is 11.8 Å². The summed E-state index contributed by atoms with van der Waals surface area (Å²) < 4.78 is 6.84. The Balaban J connectivity index is 1.45. The molecule has 28 heavy (non-hydrogen) atoms. The van der Waals surface area contributed by atoms with Crippen molar-refractivity contribution in [2.24, 2.45) is 0 Å². The molecule has 0 saturated heterocycles. The van der Waals surface area contributed by atoms with E-state index in [0.29, 0.717) is 13.2 Å². The highest BCUT2D eigenvalue weighted by atomic mass is 79.9. The van der Waals surface area contributed by atoms with Gasteiger partial charge in [0.05, 0.1) is 11.1 Å². The van der Waals surface area contributed by atoms with Crippen molar-refractivity contribution in [1.29, 1.82) is 0 Å². The maximum Gasteiger partial charge on any atom is 0.321 e. The van der Waals surface area contributed by atoms with E-state index in [1.807, 2.05) is 29.2 Å². The Kier molecular flexibility index (Phi) is 6.65. The third-order valence-corrected chi connectivity index (χ3v) is 5.63. The molecule has 4 nitrogen and oxygen atoms in total. The van der Waals surface area contributed by atoms with Crippen molar-refractivity contribution in [2.75, 3.05) is 24.6 Å². The number of fused-ring (bicyclic) bond motifs is 1. The van der Waals surface area contributed by atoms with Gasteiger partial charge in [-0.15, -0.1) is 0 Å². The van der Waals surface area contributed by atoms with Crippen LogP contribution >= 0.6 is 15.9 Å². The molecule has 0 radical (unpaired) electrons. The summed E-state index contributed by atoms with van der Waals surface area (Å²) in [6.07, 6.45) is 2.80. The van der Waals surface area contributed by atoms with Crippen LogP contribution in [0.2, 0.25) is 0 Å². The standard InChI is InChI=1S/C23H29BrN2O2/c1-23(2,3)18-11-12-21(19(24)16-18)28-15-7-13-25-22(27)26-14-6-9-17-8-4-5-10-20(17)26/h4-5,8,10-12,16H,6-7,9,13-15H2,1-3H3,(H,25,27). The van der Waals surface area contributed by atoms with Gasteiger partial charge >= 0.3 is 6.03 Å². The maximum atomic E-state index is 12.5. The number of para-hydroxylation sites is 1. The molecule has 2 amide bonds. The zero-order valence-corrected chi connectivity index (χ0v) is 18.5. The highest BCUT2D eigenvalue weighted by Crippen LogP contribution is 2.31. The van der Waals surface area contributed by atoms with Crippen LogP contribution < -0.4 is 15.0 Å². The molecule has 0 unspecified atom stereocenters. The normalized spacial score (nSPS) is 13.8. The lowest BCUT2D eigenvalue weighted by Crippen LogP contribution is -2.43. The second kappa shape index (κ2) is 8.99. The van der Waals surface area contributed by atoms with E-state index in [-0.39, 0.29) is 11.4 Å². The second-order valence-corrected chi connectivity index (χ2v) is 9.07. The fraction of sp³-hybridized carbons (Fsp3) is 0.435. The largest absolute Gasteiger partial charge is 0.492 e. The van der Waals surface area contributed by atoms with Gasteiger partial charge in [0.25, 0.3) is 0 Å². The van der Waals surface area contributed by atoms with E-state index in [4.69, 9.17) is 4.74 Å². The van der Waals surface area contributed by atoms with Gasteiger partial charge in [-0.25, -0.2) is 4.79 Å². The van der Waals surface area contributed by atoms with E-state index in [1.54, 1.807) is 0 Å². The monoisotopic (exact) mass is 444 g/mol. The van der Waals surface area contributed by atoms with E-state index in [9.17, 15) is 4.79 Å². The Morgan fingerprint density at radius 1 is 1.21 bits per heavy atom. The first-order valence-corrected chi connectivity index (χ1v) is 10.7. The van der Waals surface area contributed by atoms with E-state index < -0.39 is 0 Å². The van der Waals surface area contributed by atoms with Gasteiger partial charge in [0.2, 0.25) is 0 Å². The number of urea groups is 1. The van der Waals surface area contributed by atoms with Crippen LogP contribution in [0.5, 0.6) is 5.75 Å². The molecule has 3 rings (SSSR count). The molecule has 1 aliphatic heterocycles. The number of ether oxygens (including phenoxy) is 1. The zero-order chi connectivity index (χ0) is 20.1. The summed E-state index contributed by atoms with van der Waals surface area (Å²) in [6.45, 7) is 8.50. The molecule has 1 N–H and O–H groups in total. The van der Waals surface area contributed by atoms with E-state index in [2.05, 4.69) is 60.2 Å². The van der Waals surface area contributed by atoms with Crippen molar-refractivity contribution >= 4 is 27.6 Å². The number of hydrogen-bond acceptors (Lipinski definition) is 2. The lowest BCUT2D eigenvalue weighted by atomic mass is 9.87. The van der Waals surface area contributed by atoms with Gasteiger partial charge in [-0.1, -0.05) is 45.0 Å². The molecule has 1 heterocycles. The van der Waals surface area contributed by atoms with Crippen LogP contribution in [0.1, 0.15) is 44.7 Å². The summed E-state index contributed by atoms with van der Waals surface area (Å²) >= 11 is 3.60. The van der Waals surface area contributed by atoms with Gasteiger partial charge in [-0.2, -0.15) is 0 Å². The van der Waals surface area contributed by atoms with Gasteiger partial charge in [-0.3, -0.25) is 4.90 Å². The molecule has 0 fully saturated rings. The second-order valence-electron chi connectivity index (χ2n) is 8.21. The molecule has 2 aromatic carbocycles. The highest BCUT2D eigenvalue weighted by molar-refractivity contribution is 9.10. The first-order valence-electron chi connectivity index (χ1n) is 9.92. The Labute approximate surface area is 176 Å². The summed E-state index contributed by atoms with van der Waals surface area (Å²) in [5, 5.41) is 3.02. The molecular formula is C23H29BrN2O2. The van der Waals surface area contributed by atoms with Gasteiger partial charge in [-0.05, 0) is 69.9 Å². The Morgan fingerprint density at radius 3 is 2.75 bits per heavy atom. The lowest BCUT2D eigenvalue weighted by molar-refractivity contribution is 0.244. The van der Waals surface area contributed by atoms with Crippen molar-refractivity contribution in [3.05, 3.63) is 58.1 Å². The number of nitrogens with one attached hydrogen (secondary N) is 1. The van der Waals surface area contributed by atoms with Crippen molar-refractivity contribution in [1.82, 2.24) is 5.32 Å². The Hall–Kier alpha value is -2.01. The quantitative estimate of drug-likeness (QED) is 0.602. The van der Waals surface area contributed by atoms with Crippen LogP contribution in [0.15, 0.2) is 46.9 Å². The number of nitrogens with zero attached hydrogens (tertiary/aromatic N) is 1. The summed E-state index contributed by atoms with van der Waals surface area (Å²) in [4.78, 5) is 14.4. The number of benzene rings is 2. The molecule has 0 aliphatic carbocycles. The van der Waals surface area contributed by atoms with Crippen molar-refractivity contribution < 1.29 is 9.53 Å². The maximum absolute atomic E-state index is 12.5. The predicted octanol–water partition coefficient (Wildman–Crippen LogP) is 5.68. The minimum atomic E-state index is -0.0251. The number of aryl methyl sites for hydroxylation is 1. The smallest absolute Gasteiger partial charge is 0.321 e. The minimum absolute atomic E-state index is 0.0251. The predicted molar refractivity (Wildman–Crippen MR) is 118 cm³/mol. The van der Waals surface area contributed by atoms with E-state index >= 15 is 0 Å². The van der Waals surface area contributed by atoms with Crippen LogP contribution in [0, 0.1) is 0 Å². The molecule has 0 atom stereocenters. The molecule has 1 aliphatic rings. The molecule has 0 aromatic heterocycles. The lowest BCUT2D eigenvalue weighted by Gasteiger charge is -2.29. The van der Waals surface area contributed by atoms with Gasteiger partial charge in [0, 0.05) is 18.8 Å². The summed E-state index contributed by atoms with van der Waals surface area (Å²) in [5.74, 6) is 0.837. The van der Waals surface area contributed by atoms with Crippen molar-refractivity contribution in [2.45, 2.75) is 45.4 Å². The summed E-state index contributed by atoms with van der Waals surface area (Å²) in [5.41, 5.74) is 3.65. The number of hydrogen-bond donors (Lipinski definition) is 1. The molecule has 150 valence electrons. The first-order chi connectivity index (χ1) is 13.4. The van der Waals surface area contributed by atoms with Crippen molar-refractivity contribution in [3.8, 4) is 5.75 Å². The fourth-order valence-electron chi connectivity index (χ4n) is 3.37. The van der Waals surface area contributed by atoms with Crippen LogP contribution in [0.25, 0.3) is 0 Å². The molecule has 0 bridgehead atoms. The SMILES string of the molecule is CC(C)(C)c1ccc(OCCCNC(=O)N2CCCc3ccccc32)c(Br)c1. The minimum Gasteiger partial charge on any atom is -0.492 e. The molecular weight excluding hydrogens is 416 g/mol. The summed E-state index contributed by atoms with van der Waals surface area (Å²) in [7, 11) is 0. The Morgan fingerprint density at radius 2 is 2.00 bits per heavy atom. The molecule has 0 spiro atoms. The third kappa shape index (κ3) is 5.07. The number of carbonyl (C=O) groups is 1. The molecule has 0 saturated carbocycles. The highest BCUT2D eigenvalue weighted by Gasteiger charge is 2.21. The topological polar surface area (TPSA) is 41.6 Å². The van der Waals surface area contributed by atoms with Gasteiger partial charge < -0.3 is 10.1 Å². The average molecular weight is 445 g/mol. The number of amides is 2. The number of rotatable bonds is 5. The third-order valence-electron chi connectivity index (χ3n) is 5.01. The van der Waals surface area contributed by atoms with Crippen LogP contribution in [0.4, 0.5) is 10.5 Å². The molecule has 2 aromatic rings.